The third-order valence-electron chi connectivity index (χ3n) is 17.3. The number of benzene rings is 1. The molecule has 11 rings (SSSR count). The number of carbonyl (C=O) groups is 3. The Balaban J connectivity index is 0.884. The molecule has 1 aromatic carbocycles. The number of methoxy groups -OCH3 is 1. The molecule has 7 fully saturated rings. The van der Waals surface area contributed by atoms with Crippen LogP contribution in [0.5, 0.6) is 5.75 Å². The number of likely N-dealkylation sites (tertiary alicyclic amines) is 1. The van der Waals surface area contributed by atoms with Gasteiger partial charge in [-0.1, -0.05) is 18.6 Å². The molecule has 0 amide bonds. The number of pyridine rings is 1. The number of alkyl halides is 1. The van der Waals surface area contributed by atoms with Crippen LogP contribution < -0.4 is 20.9 Å². The molecule has 3 saturated heterocycles. The SMILES string of the molecule is COc1c(N2CC3CCCN(Cc4oc(=O)oc4C)C3C2)c(F)cc2c(=O)c(C(=O)OCC(=O)[C@]34OC(C)(C)O[C@H]3C[C@@H]3[C@H]5CCC6=CC(=O)C=C[C@@]6(C)[C@]5(F)[C@H](O)C[C@]34C)cn(C3CC3)c12. The number of Topliss-reactive ketones (excluding diaryl/α,β-unsaturated/α-hetero) is 1. The van der Waals surface area contributed by atoms with Gasteiger partial charge in [-0.3, -0.25) is 19.3 Å². The molecule has 15 nitrogen and oxygen atoms in total. The van der Waals surface area contributed by atoms with Crippen molar-refractivity contribution < 1.29 is 56.1 Å². The van der Waals surface area contributed by atoms with E-state index < -0.39 is 87.4 Å². The van der Waals surface area contributed by atoms with Gasteiger partial charge in [0, 0.05) is 48.1 Å². The highest BCUT2D eigenvalue weighted by molar-refractivity contribution is 6.01. The zero-order valence-electron chi connectivity index (χ0n) is 38.7. The Morgan fingerprint density at radius 2 is 1.81 bits per heavy atom. The van der Waals surface area contributed by atoms with E-state index in [2.05, 4.69) is 4.90 Å². The molecular weight excluding hydrogens is 873 g/mol. The van der Waals surface area contributed by atoms with E-state index in [0.717, 1.165) is 38.3 Å². The van der Waals surface area contributed by atoms with Crippen LogP contribution in [0.25, 0.3) is 10.9 Å². The topological polar surface area (TPSA) is 180 Å². The molecule has 2 unspecified atom stereocenters. The molecule has 3 aliphatic heterocycles. The van der Waals surface area contributed by atoms with Gasteiger partial charge in [0.2, 0.25) is 11.2 Å². The summed E-state index contributed by atoms with van der Waals surface area (Å²) in [5.74, 6) is -4.62. The number of aromatic nitrogens is 1. The summed E-state index contributed by atoms with van der Waals surface area (Å²) in [4.78, 5) is 71.8. The number of rotatable bonds is 9. The molecule has 3 aromatic rings. The Morgan fingerprint density at radius 3 is 2.52 bits per heavy atom. The maximum atomic E-state index is 18.0. The van der Waals surface area contributed by atoms with Crippen molar-refractivity contribution in [2.24, 2.45) is 28.6 Å². The zero-order valence-corrected chi connectivity index (χ0v) is 38.7. The minimum atomic E-state index is -2.15. The van der Waals surface area contributed by atoms with Crippen molar-refractivity contribution in [3.05, 3.63) is 79.8 Å². The maximum Gasteiger partial charge on any atom is 0.519 e. The monoisotopic (exact) mass is 929 g/mol. The molecule has 1 N–H and O–H groups in total. The van der Waals surface area contributed by atoms with Gasteiger partial charge in [-0.15, -0.1) is 0 Å². The van der Waals surface area contributed by atoms with Gasteiger partial charge >= 0.3 is 11.8 Å². The molecule has 0 radical (unpaired) electrons. The number of halogens is 2. The number of esters is 1. The minimum Gasteiger partial charge on any atom is -0.492 e. The van der Waals surface area contributed by atoms with Crippen LogP contribution in [0.3, 0.4) is 0 Å². The van der Waals surface area contributed by atoms with E-state index in [4.69, 9.17) is 27.8 Å². The van der Waals surface area contributed by atoms with Crippen LogP contribution in [0, 0.1) is 41.3 Å². The molecule has 17 heteroatoms. The first-order valence-electron chi connectivity index (χ1n) is 23.7. The highest BCUT2D eigenvalue weighted by atomic mass is 19.1. The lowest BCUT2D eigenvalue weighted by molar-refractivity contribution is -0.246. The smallest absolute Gasteiger partial charge is 0.492 e. The van der Waals surface area contributed by atoms with Crippen molar-refractivity contribution in [3.8, 4) is 5.75 Å². The molecule has 0 bridgehead atoms. The van der Waals surface area contributed by atoms with Crippen LogP contribution in [0.2, 0.25) is 0 Å². The van der Waals surface area contributed by atoms with Crippen molar-refractivity contribution in [2.75, 3.05) is 38.3 Å². The summed E-state index contributed by atoms with van der Waals surface area (Å²) >= 11 is 0. The van der Waals surface area contributed by atoms with E-state index in [0.29, 0.717) is 55.1 Å². The van der Waals surface area contributed by atoms with Crippen LogP contribution in [-0.2, 0) is 30.3 Å². The second-order valence-electron chi connectivity index (χ2n) is 21.3. The summed E-state index contributed by atoms with van der Waals surface area (Å²) in [7, 11) is 1.43. The number of aliphatic hydroxyl groups excluding tert-OH is 1. The number of nitrogens with zero attached hydrogens (tertiary/aromatic N) is 3. The Morgan fingerprint density at radius 1 is 1.03 bits per heavy atom. The van der Waals surface area contributed by atoms with Crippen molar-refractivity contribution in [1.82, 2.24) is 9.47 Å². The predicted molar refractivity (Wildman–Crippen MR) is 236 cm³/mol. The third kappa shape index (κ3) is 6.28. The number of aryl methyl sites for hydroxylation is 1. The second kappa shape index (κ2) is 15.0. The second-order valence-corrected chi connectivity index (χ2v) is 21.3. The van der Waals surface area contributed by atoms with Gasteiger partial charge in [-0.2, -0.15) is 0 Å². The molecular formula is C50H57F2N3O12. The van der Waals surface area contributed by atoms with Crippen molar-refractivity contribution in [3.63, 3.8) is 0 Å². The summed E-state index contributed by atoms with van der Waals surface area (Å²) in [6.45, 7) is 9.89. The van der Waals surface area contributed by atoms with E-state index in [1.807, 2.05) is 11.8 Å². The zero-order chi connectivity index (χ0) is 47.3. The van der Waals surface area contributed by atoms with Crippen molar-refractivity contribution in [1.29, 1.82) is 0 Å². The van der Waals surface area contributed by atoms with E-state index in [1.165, 1.54) is 25.5 Å². The summed E-state index contributed by atoms with van der Waals surface area (Å²) < 4.78 is 71.7. The number of allylic oxidation sites excluding steroid dienone is 4. The number of carbonyl (C=O) groups excluding carboxylic acids is 3. The Kier molecular flexibility index (Phi) is 9.98. The van der Waals surface area contributed by atoms with Crippen LogP contribution in [0.4, 0.5) is 14.5 Å². The molecule has 8 aliphatic rings. The number of hydrogen-bond donors (Lipinski definition) is 1. The van der Waals surface area contributed by atoms with E-state index in [-0.39, 0.29) is 59.0 Å². The first kappa shape index (κ1) is 44.5. The van der Waals surface area contributed by atoms with Gasteiger partial charge in [0.1, 0.15) is 17.0 Å². The number of hydrogen-bond acceptors (Lipinski definition) is 14. The fourth-order valence-electron chi connectivity index (χ4n) is 14.2. The van der Waals surface area contributed by atoms with Gasteiger partial charge in [-0.05, 0) is 116 Å². The molecule has 2 aromatic heterocycles. The maximum absolute atomic E-state index is 18.0. The number of ether oxygens (including phenoxy) is 4. The molecule has 4 saturated carbocycles. The average Bonchev–Trinajstić information content (AvgIpc) is 3.76. The van der Waals surface area contributed by atoms with Crippen LogP contribution in [0.1, 0.15) is 107 Å². The summed E-state index contributed by atoms with van der Waals surface area (Å²) in [5, 5.41) is 11.9. The number of aliphatic hydroxyl groups is 1. The number of ketones is 2. The summed E-state index contributed by atoms with van der Waals surface area (Å²) in [5.41, 5.74) is -6.29. The van der Waals surface area contributed by atoms with Gasteiger partial charge < -0.3 is 42.4 Å². The van der Waals surface area contributed by atoms with E-state index in [1.54, 1.807) is 38.3 Å². The third-order valence-corrected chi connectivity index (χ3v) is 17.3. The lowest BCUT2D eigenvalue weighted by Gasteiger charge is -2.62. The summed E-state index contributed by atoms with van der Waals surface area (Å²) in [6, 6.07) is 1.05. The molecule has 5 heterocycles. The molecule has 358 valence electrons. The Labute approximate surface area is 385 Å². The normalized spacial score (nSPS) is 36.3. The first-order valence-corrected chi connectivity index (χ1v) is 23.7. The highest BCUT2D eigenvalue weighted by Gasteiger charge is 2.80. The highest BCUT2D eigenvalue weighted by Crippen LogP contribution is 2.72. The minimum absolute atomic E-state index is 0.0160. The number of fused-ring (bicyclic) bond motifs is 9. The average molecular weight is 930 g/mol. The predicted octanol–water partition coefficient (Wildman–Crippen LogP) is 6.04. The largest absolute Gasteiger partial charge is 0.519 e. The Hall–Kier alpha value is -4.97. The quantitative estimate of drug-likeness (QED) is 0.246. The number of piperidine rings is 1. The van der Waals surface area contributed by atoms with Crippen LogP contribution in [0.15, 0.2) is 54.5 Å². The lowest BCUT2D eigenvalue weighted by atomic mass is 9.44. The Bertz CT molecular complexity index is 2830. The number of anilines is 1. The van der Waals surface area contributed by atoms with Crippen molar-refractivity contribution >= 4 is 34.1 Å². The van der Waals surface area contributed by atoms with E-state index >= 15 is 8.78 Å². The van der Waals surface area contributed by atoms with Gasteiger partial charge in [0.25, 0.3) is 0 Å². The van der Waals surface area contributed by atoms with Crippen LogP contribution in [-0.4, -0.2) is 101 Å². The molecule has 67 heavy (non-hydrogen) atoms. The standard InChI is InChI=1S/C50H57F2N3O12/c1-25-36(65-45(61)64-25)23-53-15-7-8-26-20-54(22-35(26)53)41-34(51)17-30-40(43(41)62-6)55(28-10-11-28)21-31(42(30)59)44(60)63-24-38(58)50-39(66-46(2,3)67-50)18-33-32-12-9-27-16-29(56)13-14-47(27,4)49(32,52)37(57)19-48(33,50)5/h13-14,16-17,21,26,28,32-33,35,37,39,57H,7-12,15,18-20,22-24H2,1-6H3/t26?,32-,33-,35?,37-,39+,47-,48-,49-,50+/m1/s1. The fraction of sp³-hybridized carbons (Fsp3) is 0.620. The first-order chi connectivity index (χ1) is 31.7. The van der Waals surface area contributed by atoms with Gasteiger partial charge in [0.05, 0.1) is 36.8 Å². The van der Waals surface area contributed by atoms with E-state index in [9.17, 15) is 29.1 Å². The van der Waals surface area contributed by atoms with Crippen LogP contribution >= 0.6 is 0 Å². The molecule has 5 aliphatic carbocycles. The molecule has 10 atom stereocenters. The van der Waals surface area contributed by atoms with Crippen molar-refractivity contribution in [2.45, 2.75) is 134 Å². The lowest BCUT2D eigenvalue weighted by Crippen LogP contribution is -2.70. The fourth-order valence-corrected chi connectivity index (χ4v) is 14.2. The van der Waals surface area contributed by atoms with Gasteiger partial charge in [0.15, 0.2) is 46.8 Å². The summed E-state index contributed by atoms with van der Waals surface area (Å²) in [6.07, 6.45) is 7.55. The van der Waals surface area contributed by atoms with Gasteiger partial charge in [-0.25, -0.2) is 18.4 Å². The molecule has 0 spiro atoms.